The number of carbonyl (C=O) groups excluding carboxylic acids is 1. The van der Waals surface area contributed by atoms with E-state index in [0.717, 1.165) is 6.42 Å². The van der Waals surface area contributed by atoms with Crippen molar-refractivity contribution in [2.45, 2.75) is 25.6 Å². The van der Waals surface area contributed by atoms with Gasteiger partial charge in [-0.25, -0.2) is 0 Å². The zero-order valence-electron chi connectivity index (χ0n) is 13.8. The molecule has 24 heavy (non-hydrogen) atoms. The van der Waals surface area contributed by atoms with Crippen LogP contribution in [0.5, 0.6) is 0 Å². The molecule has 0 saturated carbocycles. The Balaban J connectivity index is 1.63. The number of rotatable bonds is 7. The summed E-state index contributed by atoms with van der Waals surface area (Å²) in [6, 6.07) is 20.4. The minimum absolute atomic E-state index is 0.0900. The molecule has 0 spiro atoms. The van der Waals surface area contributed by atoms with E-state index in [0.29, 0.717) is 26.3 Å². The van der Waals surface area contributed by atoms with E-state index in [2.05, 4.69) is 29.2 Å². The van der Waals surface area contributed by atoms with Crippen LogP contribution in [0.3, 0.4) is 0 Å². The Kier molecular flexibility index (Phi) is 5.99. The van der Waals surface area contributed by atoms with Crippen molar-refractivity contribution in [3.63, 3.8) is 0 Å². The Labute approximate surface area is 143 Å². The molecule has 0 radical (unpaired) electrons. The summed E-state index contributed by atoms with van der Waals surface area (Å²) in [4.78, 5) is 14.4. The molecule has 1 heterocycles. The van der Waals surface area contributed by atoms with Gasteiger partial charge in [-0.2, -0.15) is 0 Å². The quantitative estimate of drug-likeness (QED) is 0.734. The van der Waals surface area contributed by atoms with Crippen molar-refractivity contribution in [1.82, 2.24) is 4.90 Å². The van der Waals surface area contributed by atoms with E-state index >= 15 is 0 Å². The van der Waals surface area contributed by atoms with E-state index in [1.807, 2.05) is 36.4 Å². The highest BCUT2D eigenvalue weighted by Gasteiger charge is 2.21. The van der Waals surface area contributed by atoms with Gasteiger partial charge >= 0.3 is 5.97 Å². The summed E-state index contributed by atoms with van der Waals surface area (Å²) >= 11 is 0. The third-order valence-electron chi connectivity index (χ3n) is 4.04. The lowest BCUT2D eigenvalue weighted by atomic mass is 10.1. The molecule has 0 N–H and O–H groups in total. The van der Waals surface area contributed by atoms with E-state index in [4.69, 9.17) is 9.47 Å². The number of hydrogen-bond acceptors (Lipinski definition) is 4. The minimum Gasteiger partial charge on any atom is -0.459 e. The second-order valence-corrected chi connectivity index (χ2v) is 6.09. The Morgan fingerprint density at radius 2 is 1.58 bits per heavy atom. The van der Waals surface area contributed by atoms with Gasteiger partial charge in [0.25, 0.3) is 0 Å². The van der Waals surface area contributed by atoms with Crippen LogP contribution in [0.25, 0.3) is 0 Å². The zero-order chi connectivity index (χ0) is 16.6. The molecule has 2 aromatic rings. The Hall–Kier alpha value is -2.17. The fraction of sp³-hybridized carbons (Fsp3) is 0.350. The van der Waals surface area contributed by atoms with Gasteiger partial charge in [0.15, 0.2) is 0 Å². The van der Waals surface area contributed by atoms with Crippen molar-refractivity contribution in [2.75, 3.05) is 19.8 Å². The standard InChI is InChI=1S/C20H23NO3/c22-20(24-19-11-12-23-16-19)15-21(13-17-7-3-1-4-8-17)14-18-9-5-2-6-10-18/h1-10,19H,11-16H2. The normalized spacial score (nSPS) is 17.1. The molecule has 0 bridgehead atoms. The molecule has 4 nitrogen and oxygen atoms in total. The number of benzene rings is 2. The first-order chi connectivity index (χ1) is 11.8. The third-order valence-corrected chi connectivity index (χ3v) is 4.04. The molecule has 1 aliphatic rings. The van der Waals surface area contributed by atoms with Gasteiger partial charge in [0, 0.05) is 19.5 Å². The van der Waals surface area contributed by atoms with E-state index in [1.54, 1.807) is 0 Å². The van der Waals surface area contributed by atoms with Gasteiger partial charge < -0.3 is 9.47 Å². The van der Waals surface area contributed by atoms with Crippen LogP contribution >= 0.6 is 0 Å². The average molecular weight is 325 g/mol. The van der Waals surface area contributed by atoms with Gasteiger partial charge in [0.1, 0.15) is 6.10 Å². The molecular formula is C20H23NO3. The minimum atomic E-state index is -0.183. The van der Waals surface area contributed by atoms with Crippen LogP contribution in [-0.2, 0) is 27.4 Å². The van der Waals surface area contributed by atoms with Crippen LogP contribution in [0.2, 0.25) is 0 Å². The van der Waals surface area contributed by atoms with Gasteiger partial charge in [-0.15, -0.1) is 0 Å². The number of nitrogens with zero attached hydrogens (tertiary/aromatic N) is 1. The molecule has 4 heteroatoms. The van der Waals surface area contributed by atoms with Crippen LogP contribution in [0.1, 0.15) is 17.5 Å². The Morgan fingerprint density at radius 1 is 1.00 bits per heavy atom. The lowest BCUT2D eigenvalue weighted by Gasteiger charge is -2.22. The highest BCUT2D eigenvalue weighted by molar-refractivity contribution is 5.71. The predicted molar refractivity (Wildman–Crippen MR) is 92.3 cm³/mol. The second-order valence-electron chi connectivity index (χ2n) is 6.09. The number of hydrogen-bond donors (Lipinski definition) is 0. The smallest absolute Gasteiger partial charge is 0.320 e. The monoisotopic (exact) mass is 325 g/mol. The van der Waals surface area contributed by atoms with E-state index in [1.165, 1.54) is 11.1 Å². The summed E-state index contributed by atoms with van der Waals surface area (Å²) in [6.45, 7) is 2.90. The molecule has 1 saturated heterocycles. The van der Waals surface area contributed by atoms with Gasteiger partial charge in [-0.05, 0) is 11.1 Å². The first kappa shape index (κ1) is 16.7. The molecular weight excluding hydrogens is 302 g/mol. The largest absolute Gasteiger partial charge is 0.459 e. The van der Waals surface area contributed by atoms with Crippen molar-refractivity contribution in [1.29, 1.82) is 0 Å². The molecule has 0 aliphatic carbocycles. The highest BCUT2D eigenvalue weighted by Crippen LogP contribution is 2.12. The molecule has 0 aromatic heterocycles. The SMILES string of the molecule is O=C(CN(Cc1ccccc1)Cc1ccccc1)OC1CCOC1. The van der Waals surface area contributed by atoms with Gasteiger partial charge in [0.2, 0.25) is 0 Å². The lowest BCUT2D eigenvalue weighted by molar-refractivity contribution is -0.150. The van der Waals surface area contributed by atoms with Crippen molar-refractivity contribution in [3.05, 3.63) is 71.8 Å². The van der Waals surface area contributed by atoms with Crippen LogP contribution in [0.15, 0.2) is 60.7 Å². The highest BCUT2D eigenvalue weighted by atomic mass is 16.6. The lowest BCUT2D eigenvalue weighted by Crippen LogP contribution is -2.32. The zero-order valence-corrected chi connectivity index (χ0v) is 13.8. The first-order valence-corrected chi connectivity index (χ1v) is 8.37. The maximum atomic E-state index is 12.3. The Morgan fingerprint density at radius 3 is 2.08 bits per heavy atom. The fourth-order valence-corrected chi connectivity index (χ4v) is 2.86. The van der Waals surface area contributed by atoms with Crippen molar-refractivity contribution < 1.29 is 14.3 Å². The van der Waals surface area contributed by atoms with Crippen LogP contribution in [-0.4, -0.2) is 36.7 Å². The first-order valence-electron chi connectivity index (χ1n) is 8.37. The summed E-state index contributed by atoms with van der Waals surface area (Å²) in [5, 5.41) is 0. The molecule has 3 rings (SSSR count). The molecule has 0 amide bonds. The molecule has 1 aliphatic heterocycles. The summed E-state index contributed by atoms with van der Waals surface area (Å²) in [6.07, 6.45) is 0.705. The molecule has 2 aromatic carbocycles. The summed E-state index contributed by atoms with van der Waals surface area (Å²) in [7, 11) is 0. The predicted octanol–water partition coefficient (Wildman–Crippen LogP) is 3.02. The van der Waals surface area contributed by atoms with Crippen LogP contribution < -0.4 is 0 Å². The maximum Gasteiger partial charge on any atom is 0.320 e. The topological polar surface area (TPSA) is 38.8 Å². The molecule has 1 atom stereocenters. The average Bonchev–Trinajstić information content (AvgIpc) is 3.09. The summed E-state index contributed by atoms with van der Waals surface area (Å²) < 4.78 is 10.8. The van der Waals surface area contributed by atoms with E-state index in [9.17, 15) is 4.79 Å². The molecule has 126 valence electrons. The van der Waals surface area contributed by atoms with Crippen molar-refractivity contribution in [3.8, 4) is 0 Å². The van der Waals surface area contributed by atoms with E-state index in [-0.39, 0.29) is 18.6 Å². The maximum absolute atomic E-state index is 12.3. The molecule has 1 fully saturated rings. The Bertz CT molecular complexity index is 582. The number of esters is 1. The number of ether oxygens (including phenoxy) is 2. The van der Waals surface area contributed by atoms with E-state index < -0.39 is 0 Å². The third kappa shape index (κ3) is 5.18. The summed E-state index contributed by atoms with van der Waals surface area (Å²) in [5.74, 6) is -0.183. The van der Waals surface area contributed by atoms with Gasteiger partial charge in [-0.3, -0.25) is 9.69 Å². The fourth-order valence-electron chi connectivity index (χ4n) is 2.86. The van der Waals surface area contributed by atoms with Crippen molar-refractivity contribution >= 4 is 5.97 Å². The van der Waals surface area contributed by atoms with Crippen molar-refractivity contribution in [2.24, 2.45) is 0 Å². The van der Waals surface area contributed by atoms with Gasteiger partial charge in [0.05, 0.1) is 19.8 Å². The van der Waals surface area contributed by atoms with Gasteiger partial charge in [-0.1, -0.05) is 60.7 Å². The number of carbonyl (C=O) groups is 1. The summed E-state index contributed by atoms with van der Waals surface area (Å²) in [5.41, 5.74) is 2.37. The second kappa shape index (κ2) is 8.62. The van der Waals surface area contributed by atoms with Crippen LogP contribution in [0.4, 0.5) is 0 Å². The molecule has 1 unspecified atom stereocenters. The van der Waals surface area contributed by atoms with Crippen LogP contribution in [0, 0.1) is 0 Å².